The zero-order valence-corrected chi connectivity index (χ0v) is 9.40. The number of rotatable bonds is 4. The van der Waals surface area contributed by atoms with Crippen LogP contribution in [0.2, 0.25) is 0 Å². The summed E-state index contributed by atoms with van der Waals surface area (Å²) < 4.78 is 0. The lowest BCUT2D eigenvalue weighted by molar-refractivity contribution is -0.384. The number of benzene rings is 1. The monoisotopic (exact) mass is 232 g/mol. The number of nitrogens with zero attached hydrogens (tertiary/aromatic N) is 1. The van der Waals surface area contributed by atoms with Gasteiger partial charge in [0.05, 0.1) is 10.4 Å². The lowest BCUT2D eigenvalue weighted by Crippen LogP contribution is -1.93. The Kier molecular flexibility index (Phi) is 2.91. The Morgan fingerprint density at radius 2 is 2.24 bits per heavy atom. The van der Waals surface area contributed by atoms with Gasteiger partial charge in [-0.05, 0) is 25.0 Å². The smallest absolute Gasteiger partial charge is 0.271 e. The van der Waals surface area contributed by atoms with Crippen molar-refractivity contribution < 1.29 is 9.72 Å². The van der Waals surface area contributed by atoms with Gasteiger partial charge in [0.15, 0.2) is 0 Å². The summed E-state index contributed by atoms with van der Waals surface area (Å²) in [7, 11) is 0. The zero-order valence-electron chi connectivity index (χ0n) is 9.40. The molecule has 2 rings (SSSR count). The van der Waals surface area contributed by atoms with Gasteiger partial charge in [0, 0.05) is 30.1 Å². The molecule has 0 spiro atoms. The van der Waals surface area contributed by atoms with Gasteiger partial charge in [-0.3, -0.25) is 10.1 Å². The van der Waals surface area contributed by atoms with E-state index < -0.39 is 4.92 Å². The van der Waals surface area contributed by atoms with Crippen molar-refractivity contribution in [2.24, 2.45) is 0 Å². The summed E-state index contributed by atoms with van der Waals surface area (Å²) in [5, 5.41) is 11.6. The number of nitrogens with one attached hydrogen (secondary N) is 1. The van der Waals surface area contributed by atoms with Gasteiger partial charge in [-0.15, -0.1) is 0 Å². The van der Waals surface area contributed by atoms with Crippen LogP contribution in [0.4, 0.5) is 5.69 Å². The van der Waals surface area contributed by atoms with Crippen LogP contribution in [0.5, 0.6) is 0 Å². The van der Waals surface area contributed by atoms with Gasteiger partial charge in [-0.1, -0.05) is 0 Å². The highest BCUT2D eigenvalue weighted by molar-refractivity contribution is 5.86. The van der Waals surface area contributed by atoms with E-state index in [9.17, 15) is 14.9 Å². The van der Waals surface area contributed by atoms with Crippen LogP contribution in [0, 0.1) is 10.1 Å². The van der Waals surface area contributed by atoms with Gasteiger partial charge in [0.2, 0.25) is 0 Å². The quantitative estimate of drug-likeness (QED) is 0.650. The number of aryl methyl sites for hydroxylation is 1. The van der Waals surface area contributed by atoms with Crippen LogP contribution >= 0.6 is 0 Å². The van der Waals surface area contributed by atoms with E-state index in [4.69, 9.17) is 0 Å². The number of non-ortho nitro benzene ring substituents is 1. The molecule has 0 saturated heterocycles. The van der Waals surface area contributed by atoms with Crippen LogP contribution in [-0.4, -0.2) is 15.7 Å². The number of fused-ring (bicyclic) bond motifs is 1. The molecule has 0 aliphatic carbocycles. The Morgan fingerprint density at radius 3 is 2.88 bits per heavy atom. The number of nitro groups is 1. The number of aromatic amines is 1. The van der Waals surface area contributed by atoms with Crippen LogP contribution < -0.4 is 0 Å². The fourth-order valence-electron chi connectivity index (χ4n) is 1.81. The lowest BCUT2D eigenvalue weighted by atomic mass is 10.1. The van der Waals surface area contributed by atoms with E-state index in [-0.39, 0.29) is 11.5 Å². The van der Waals surface area contributed by atoms with Crippen molar-refractivity contribution in [3.05, 3.63) is 40.1 Å². The standard InChI is InChI=1S/C12H12N2O3/c1-8(15)2-3-9-7-13-12-6-10(14(16)17)4-5-11(9)12/h4-7,13H,2-3H2,1H3. The molecule has 2 aromatic rings. The highest BCUT2D eigenvalue weighted by Gasteiger charge is 2.10. The second-order valence-electron chi connectivity index (χ2n) is 4.00. The summed E-state index contributed by atoms with van der Waals surface area (Å²) >= 11 is 0. The van der Waals surface area contributed by atoms with Gasteiger partial charge in [-0.2, -0.15) is 0 Å². The molecule has 0 fully saturated rings. The number of aromatic nitrogens is 1. The number of hydrogen-bond donors (Lipinski definition) is 1. The Bertz CT molecular complexity index is 586. The Morgan fingerprint density at radius 1 is 1.47 bits per heavy atom. The minimum Gasteiger partial charge on any atom is -0.361 e. The lowest BCUT2D eigenvalue weighted by Gasteiger charge is -1.97. The molecule has 0 aliphatic heterocycles. The predicted molar refractivity (Wildman–Crippen MR) is 64.0 cm³/mol. The Labute approximate surface area is 97.6 Å². The third-order valence-corrected chi connectivity index (χ3v) is 2.71. The van der Waals surface area contributed by atoms with E-state index in [0.29, 0.717) is 12.8 Å². The molecule has 17 heavy (non-hydrogen) atoms. The van der Waals surface area contributed by atoms with E-state index in [0.717, 1.165) is 16.5 Å². The summed E-state index contributed by atoms with van der Waals surface area (Å²) in [6, 6.07) is 4.71. The minimum atomic E-state index is -0.421. The maximum Gasteiger partial charge on any atom is 0.271 e. The van der Waals surface area contributed by atoms with Crippen molar-refractivity contribution in [2.45, 2.75) is 19.8 Å². The van der Waals surface area contributed by atoms with E-state index in [2.05, 4.69) is 4.98 Å². The third-order valence-electron chi connectivity index (χ3n) is 2.71. The van der Waals surface area contributed by atoms with E-state index >= 15 is 0 Å². The molecule has 1 aromatic carbocycles. The number of nitro benzene ring substituents is 1. The Hall–Kier alpha value is -2.17. The number of ketones is 1. The van der Waals surface area contributed by atoms with Crippen molar-refractivity contribution in [3.63, 3.8) is 0 Å². The van der Waals surface area contributed by atoms with Crippen LogP contribution in [0.15, 0.2) is 24.4 Å². The summed E-state index contributed by atoms with van der Waals surface area (Å²) in [4.78, 5) is 24.1. The first kappa shape index (κ1) is 11.3. The number of carbonyl (C=O) groups excluding carboxylic acids is 1. The molecular formula is C12H12N2O3. The van der Waals surface area contributed by atoms with E-state index in [1.165, 1.54) is 12.1 Å². The SMILES string of the molecule is CC(=O)CCc1c[nH]c2cc([N+](=O)[O-])ccc12. The van der Waals surface area contributed by atoms with Gasteiger partial charge in [0.1, 0.15) is 5.78 Å². The summed E-state index contributed by atoms with van der Waals surface area (Å²) in [6.45, 7) is 1.56. The maximum atomic E-state index is 10.9. The van der Waals surface area contributed by atoms with Gasteiger partial charge >= 0.3 is 0 Å². The van der Waals surface area contributed by atoms with Crippen molar-refractivity contribution in [2.75, 3.05) is 0 Å². The first-order valence-corrected chi connectivity index (χ1v) is 5.32. The van der Waals surface area contributed by atoms with Crippen molar-refractivity contribution in [1.29, 1.82) is 0 Å². The summed E-state index contributed by atoms with van der Waals surface area (Å²) in [5.41, 5.74) is 1.82. The third kappa shape index (κ3) is 2.33. The van der Waals surface area contributed by atoms with Crippen LogP contribution in [0.25, 0.3) is 10.9 Å². The predicted octanol–water partition coefficient (Wildman–Crippen LogP) is 2.60. The molecule has 0 amide bonds. The first-order valence-electron chi connectivity index (χ1n) is 5.32. The summed E-state index contributed by atoms with van der Waals surface area (Å²) in [6.07, 6.45) is 2.95. The fourth-order valence-corrected chi connectivity index (χ4v) is 1.81. The fraction of sp³-hybridized carbons (Fsp3) is 0.250. The second kappa shape index (κ2) is 4.37. The average molecular weight is 232 g/mol. The number of carbonyl (C=O) groups is 1. The number of Topliss-reactive ketones (excluding diaryl/α,β-unsaturated/α-hetero) is 1. The number of H-pyrrole nitrogens is 1. The first-order chi connectivity index (χ1) is 8.08. The molecule has 88 valence electrons. The molecule has 1 N–H and O–H groups in total. The molecule has 0 aliphatic rings. The van der Waals surface area contributed by atoms with Gasteiger partial charge in [0.25, 0.3) is 5.69 Å². The maximum absolute atomic E-state index is 10.9. The molecule has 0 bridgehead atoms. The second-order valence-corrected chi connectivity index (χ2v) is 4.00. The highest BCUT2D eigenvalue weighted by Crippen LogP contribution is 2.24. The highest BCUT2D eigenvalue weighted by atomic mass is 16.6. The molecule has 5 nitrogen and oxygen atoms in total. The Balaban J connectivity index is 2.34. The van der Waals surface area contributed by atoms with Crippen molar-refractivity contribution in [1.82, 2.24) is 4.98 Å². The van der Waals surface area contributed by atoms with E-state index in [1.54, 1.807) is 19.2 Å². The van der Waals surface area contributed by atoms with Crippen LogP contribution in [0.3, 0.4) is 0 Å². The molecule has 0 atom stereocenters. The molecule has 1 heterocycles. The molecule has 0 radical (unpaired) electrons. The summed E-state index contributed by atoms with van der Waals surface area (Å²) in [5.74, 6) is 0.140. The molecule has 0 saturated carbocycles. The van der Waals surface area contributed by atoms with Gasteiger partial charge in [-0.25, -0.2) is 0 Å². The normalized spacial score (nSPS) is 10.6. The molecule has 5 heteroatoms. The average Bonchev–Trinajstić information content (AvgIpc) is 2.68. The van der Waals surface area contributed by atoms with Crippen LogP contribution in [0.1, 0.15) is 18.9 Å². The molecular weight excluding hydrogens is 220 g/mol. The topological polar surface area (TPSA) is 76.0 Å². The largest absolute Gasteiger partial charge is 0.361 e. The van der Waals surface area contributed by atoms with Gasteiger partial charge < -0.3 is 9.78 Å². The number of hydrogen-bond acceptors (Lipinski definition) is 3. The zero-order chi connectivity index (χ0) is 12.4. The minimum absolute atomic E-state index is 0.0671. The van der Waals surface area contributed by atoms with Crippen molar-refractivity contribution in [3.8, 4) is 0 Å². The molecule has 1 aromatic heterocycles. The van der Waals surface area contributed by atoms with E-state index in [1.807, 2.05) is 0 Å². The van der Waals surface area contributed by atoms with Crippen LogP contribution in [-0.2, 0) is 11.2 Å². The van der Waals surface area contributed by atoms with Crippen molar-refractivity contribution >= 4 is 22.4 Å². The molecule has 0 unspecified atom stereocenters.